The van der Waals surface area contributed by atoms with E-state index < -0.39 is 0 Å². The highest BCUT2D eigenvalue weighted by Gasteiger charge is 2.46. The van der Waals surface area contributed by atoms with Crippen LogP contribution in [0.25, 0.3) is 0 Å². The lowest BCUT2D eigenvalue weighted by atomic mass is 9.98. The van der Waals surface area contributed by atoms with Gasteiger partial charge in [0.25, 0.3) is 5.56 Å². The van der Waals surface area contributed by atoms with E-state index in [1.54, 1.807) is 0 Å². The molecule has 0 aliphatic heterocycles. The maximum absolute atomic E-state index is 11.2. The van der Waals surface area contributed by atoms with E-state index in [2.05, 4.69) is 15.1 Å². The molecule has 1 heterocycles. The van der Waals surface area contributed by atoms with Crippen LogP contribution < -0.4 is 5.56 Å². The van der Waals surface area contributed by atoms with Crippen LogP contribution in [0.3, 0.4) is 0 Å². The van der Waals surface area contributed by atoms with Gasteiger partial charge in [-0.05, 0) is 25.2 Å². The SMILES string of the molecule is O=c1ccnc(S[C@@H]2/C(=N\O)[C@H]3CC[C@@H]2C3)[nH]1. The second-order valence-electron chi connectivity index (χ2n) is 4.57. The van der Waals surface area contributed by atoms with Gasteiger partial charge >= 0.3 is 0 Å². The van der Waals surface area contributed by atoms with Gasteiger partial charge in [0.05, 0.1) is 11.0 Å². The van der Waals surface area contributed by atoms with Gasteiger partial charge in [-0.2, -0.15) is 0 Å². The average molecular weight is 251 g/mol. The van der Waals surface area contributed by atoms with Crippen molar-refractivity contribution in [1.29, 1.82) is 0 Å². The summed E-state index contributed by atoms with van der Waals surface area (Å²) in [6, 6.07) is 1.39. The lowest BCUT2D eigenvalue weighted by Gasteiger charge is -2.21. The highest BCUT2D eigenvalue weighted by Crippen LogP contribution is 2.48. The average Bonchev–Trinajstić information content (AvgIpc) is 2.89. The summed E-state index contributed by atoms with van der Waals surface area (Å²) in [7, 11) is 0. The monoisotopic (exact) mass is 251 g/mol. The van der Waals surface area contributed by atoms with E-state index in [0.717, 1.165) is 18.6 Å². The van der Waals surface area contributed by atoms with Crippen molar-refractivity contribution in [2.24, 2.45) is 17.0 Å². The van der Waals surface area contributed by atoms with E-state index in [1.807, 2.05) is 0 Å². The van der Waals surface area contributed by atoms with E-state index in [4.69, 9.17) is 5.21 Å². The van der Waals surface area contributed by atoms with Gasteiger partial charge in [-0.15, -0.1) is 0 Å². The quantitative estimate of drug-likeness (QED) is 0.474. The molecule has 0 amide bonds. The van der Waals surface area contributed by atoms with Crippen LogP contribution in [-0.2, 0) is 0 Å². The van der Waals surface area contributed by atoms with Gasteiger partial charge in [0.2, 0.25) is 0 Å². The first-order chi connectivity index (χ1) is 8.28. The van der Waals surface area contributed by atoms with Gasteiger partial charge in [-0.1, -0.05) is 16.9 Å². The lowest BCUT2D eigenvalue weighted by Crippen LogP contribution is -2.25. The van der Waals surface area contributed by atoms with E-state index in [1.165, 1.54) is 30.4 Å². The molecule has 2 bridgehead atoms. The van der Waals surface area contributed by atoms with E-state index in [0.29, 0.717) is 17.0 Å². The standard InChI is InChI=1S/C11H13N3O2S/c15-8-3-4-12-11(13-8)17-10-7-2-1-6(5-7)9(10)14-16/h3-4,6-7,10,16H,1-2,5H2,(H,12,13,15)/b14-9-/t6-,7+,10-/m0/s1. The minimum atomic E-state index is -0.145. The van der Waals surface area contributed by atoms with Crippen LogP contribution in [0.5, 0.6) is 0 Å². The van der Waals surface area contributed by atoms with Crippen LogP contribution in [0, 0.1) is 11.8 Å². The Balaban J connectivity index is 1.84. The Bertz CT molecular complexity index is 513. The van der Waals surface area contributed by atoms with Crippen molar-refractivity contribution in [2.75, 3.05) is 0 Å². The Morgan fingerprint density at radius 1 is 1.53 bits per heavy atom. The molecule has 2 N–H and O–H groups in total. The largest absolute Gasteiger partial charge is 0.411 e. The molecule has 0 aromatic carbocycles. The topological polar surface area (TPSA) is 78.3 Å². The summed E-state index contributed by atoms with van der Waals surface area (Å²) < 4.78 is 0. The smallest absolute Gasteiger partial charge is 0.251 e. The van der Waals surface area contributed by atoms with Crippen molar-refractivity contribution in [3.63, 3.8) is 0 Å². The number of oxime groups is 1. The first kappa shape index (κ1) is 10.8. The number of rotatable bonds is 2. The Kier molecular flexibility index (Phi) is 2.66. The van der Waals surface area contributed by atoms with E-state index in [9.17, 15) is 4.79 Å². The number of thioether (sulfide) groups is 1. The second-order valence-corrected chi connectivity index (χ2v) is 5.70. The Morgan fingerprint density at radius 2 is 2.41 bits per heavy atom. The maximum atomic E-state index is 11.2. The van der Waals surface area contributed by atoms with Crippen molar-refractivity contribution < 1.29 is 5.21 Å². The number of hydrogen-bond donors (Lipinski definition) is 2. The molecule has 2 fully saturated rings. The molecule has 90 valence electrons. The third-order valence-electron chi connectivity index (χ3n) is 3.61. The third kappa shape index (κ3) is 1.86. The molecule has 0 radical (unpaired) electrons. The zero-order valence-corrected chi connectivity index (χ0v) is 9.98. The van der Waals surface area contributed by atoms with Gasteiger partial charge in [-0.25, -0.2) is 4.98 Å². The number of nitrogens with one attached hydrogen (secondary N) is 1. The molecule has 0 unspecified atom stereocenters. The van der Waals surface area contributed by atoms with Crippen molar-refractivity contribution in [3.8, 4) is 0 Å². The zero-order valence-electron chi connectivity index (χ0n) is 9.17. The molecule has 0 spiro atoms. The summed E-state index contributed by atoms with van der Waals surface area (Å²) in [5.41, 5.74) is 0.728. The number of hydrogen-bond acceptors (Lipinski definition) is 5. The summed E-state index contributed by atoms with van der Waals surface area (Å²) in [5.74, 6) is 0.986. The molecular formula is C11H13N3O2S. The molecular weight excluding hydrogens is 238 g/mol. The first-order valence-electron chi connectivity index (χ1n) is 5.72. The van der Waals surface area contributed by atoms with Crippen LogP contribution in [0.2, 0.25) is 0 Å². The highest BCUT2D eigenvalue weighted by molar-refractivity contribution is 8.00. The molecule has 2 aliphatic rings. The predicted octanol–water partition coefficient (Wildman–Crippen LogP) is 1.49. The molecule has 2 aliphatic carbocycles. The highest BCUT2D eigenvalue weighted by atomic mass is 32.2. The summed E-state index contributed by atoms with van der Waals surface area (Å²) in [6.07, 6.45) is 4.91. The summed E-state index contributed by atoms with van der Waals surface area (Å²) in [4.78, 5) is 18.0. The number of aromatic nitrogens is 2. The van der Waals surface area contributed by atoms with Crippen LogP contribution in [-0.4, -0.2) is 26.1 Å². The van der Waals surface area contributed by atoms with E-state index in [-0.39, 0.29) is 10.8 Å². The molecule has 17 heavy (non-hydrogen) atoms. The Morgan fingerprint density at radius 3 is 3.18 bits per heavy atom. The number of aromatic amines is 1. The third-order valence-corrected chi connectivity index (χ3v) is 4.92. The molecule has 0 saturated heterocycles. The maximum Gasteiger partial charge on any atom is 0.251 e. The van der Waals surface area contributed by atoms with Crippen LogP contribution >= 0.6 is 11.8 Å². The summed E-state index contributed by atoms with van der Waals surface area (Å²) in [5, 5.41) is 13.3. The van der Waals surface area contributed by atoms with Gasteiger partial charge < -0.3 is 10.2 Å². The number of nitrogens with zero attached hydrogens (tertiary/aromatic N) is 2. The molecule has 3 rings (SSSR count). The number of H-pyrrole nitrogens is 1. The zero-order chi connectivity index (χ0) is 11.8. The summed E-state index contributed by atoms with van der Waals surface area (Å²) >= 11 is 1.50. The van der Waals surface area contributed by atoms with Crippen LogP contribution in [0.4, 0.5) is 0 Å². The fourth-order valence-corrected chi connectivity index (χ4v) is 4.18. The molecule has 1 aromatic rings. The molecule has 1 aromatic heterocycles. The van der Waals surface area contributed by atoms with Gasteiger partial charge in [-0.3, -0.25) is 4.79 Å². The Hall–Kier alpha value is -1.30. The van der Waals surface area contributed by atoms with Gasteiger partial charge in [0.1, 0.15) is 0 Å². The van der Waals surface area contributed by atoms with Crippen LogP contribution in [0.1, 0.15) is 19.3 Å². The van der Waals surface area contributed by atoms with Crippen molar-refractivity contribution in [3.05, 3.63) is 22.6 Å². The van der Waals surface area contributed by atoms with E-state index >= 15 is 0 Å². The summed E-state index contributed by atoms with van der Waals surface area (Å²) in [6.45, 7) is 0. The van der Waals surface area contributed by atoms with Crippen molar-refractivity contribution >= 4 is 17.5 Å². The van der Waals surface area contributed by atoms with Crippen molar-refractivity contribution in [2.45, 2.75) is 29.7 Å². The first-order valence-corrected chi connectivity index (χ1v) is 6.59. The fraction of sp³-hybridized carbons (Fsp3) is 0.545. The number of fused-ring (bicyclic) bond motifs is 2. The van der Waals surface area contributed by atoms with Gasteiger partial charge in [0, 0.05) is 18.2 Å². The second kappa shape index (κ2) is 4.18. The Labute approximate surface area is 102 Å². The normalized spacial score (nSPS) is 33.4. The lowest BCUT2D eigenvalue weighted by molar-refractivity contribution is 0.314. The molecule has 6 heteroatoms. The van der Waals surface area contributed by atoms with Crippen LogP contribution in [0.15, 0.2) is 27.4 Å². The molecule has 2 saturated carbocycles. The predicted molar refractivity (Wildman–Crippen MR) is 64.6 cm³/mol. The molecule has 3 atom stereocenters. The fourth-order valence-electron chi connectivity index (χ4n) is 2.86. The minimum Gasteiger partial charge on any atom is -0.411 e. The van der Waals surface area contributed by atoms with Crippen molar-refractivity contribution in [1.82, 2.24) is 9.97 Å². The van der Waals surface area contributed by atoms with Gasteiger partial charge in [0.15, 0.2) is 5.16 Å². The minimum absolute atomic E-state index is 0.145. The molecule has 5 nitrogen and oxygen atoms in total.